The number of rotatable bonds is 3. The second-order valence-electron chi connectivity index (χ2n) is 10.8. The summed E-state index contributed by atoms with van der Waals surface area (Å²) in [6.45, 7) is 5.09. The van der Waals surface area contributed by atoms with Gasteiger partial charge in [0.25, 0.3) is 0 Å². The molecule has 3 aliphatic heterocycles. The fourth-order valence-corrected chi connectivity index (χ4v) is 6.24. The number of pyridine rings is 1. The van der Waals surface area contributed by atoms with Gasteiger partial charge in [0.05, 0.1) is 11.9 Å². The Morgan fingerprint density at radius 2 is 1.75 bits per heavy atom. The molecule has 7 nitrogen and oxygen atoms in total. The minimum absolute atomic E-state index is 0.103. The summed E-state index contributed by atoms with van der Waals surface area (Å²) >= 11 is 6.28. The molecule has 0 radical (unpaired) electrons. The third-order valence-electron chi connectivity index (χ3n) is 8.11. The van der Waals surface area contributed by atoms with E-state index in [2.05, 4.69) is 25.0 Å². The van der Waals surface area contributed by atoms with Crippen LogP contribution in [-0.2, 0) is 5.54 Å². The number of aromatic nitrogens is 4. The lowest BCUT2D eigenvalue weighted by Gasteiger charge is -2.60. The molecule has 2 aromatic heterocycles. The first-order chi connectivity index (χ1) is 17.1. The molecule has 1 saturated carbocycles. The fourth-order valence-electron chi connectivity index (χ4n) is 6.06. The average Bonchev–Trinajstić information content (AvgIpc) is 3.15. The number of hydrogen-bond acceptors (Lipinski definition) is 6. The quantitative estimate of drug-likeness (QED) is 0.517. The summed E-state index contributed by atoms with van der Waals surface area (Å²) < 4.78 is 42.9. The SMILES string of the molecule is CC1(C2CC(F)(F)C2)N=Cc2cc(Cl)ccc2-n2c(N3CC4(CN(c5ccc(F)cn5)C4)C3)nnc21. The Morgan fingerprint density at radius 3 is 2.44 bits per heavy atom. The lowest BCUT2D eigenvalue weighted by atomic mass is 9.69. The standard InChI is InChI=1S/C25H23ClF3N7/c1-23(16-7-25(28,29)8-16)21-32-33-22(36(21)19-4-2-17(26)6-15(19)9-31-23)35-13-24(14-35)11-34(12-24)20-5-3-18(27)10-30-20/h2-6,9-10,16H,7-8,11-14H2,1H3. The molecule has 4 aliphatic rings. The van der Waals surface area contributed by atoms with Crippen LogP contribution in [0.5, 0.6) is 0 Å². The topological polar surface area (TPSA) is 62.4 Å². The van der Waals surface area contributed by atoms with E-state index < -0.39 is 11.5 Å². The molecule has 0 N–H and O–H groups in total. The maximum absolute atomic E-state index is 13.9. The molecule has 2 saturated heterocycles. The predicted molar refractivity (Wildman–Crippen MR) is 130 cm³/mol. The molecular weight excluding hydrogens is 491 g/mol. The molecule has 1 aliphatic carbocycles. The van der Waals surface area contributed by atoms with E-state index in [0.717, 1.165) is 43.2 Å². The molecule has 5 heterocycles. The van der Waals surface area contributed by atoms with Crippen molar-refractivity contribution in [1.82, 2.24) is 19.7 Å². The molecule has 3 fully saturated rings. The van der Waals surface area contributed by atoms with Crippen LogP contribution in [0.4, 0.5) is 24.9 Å². The molecule has 0 amide bonds. The van der Waals surface area contributed by atoms with Crippen LogP contribution in [0.15, 0.2) is 41.5 Å². The van der Waals surface area contributed by atoms with Gasteiger partial charge in [0.2, 0.25) is 11.9 Å². The highest BCUT2D eigenvalue weighted by molar-refractivity contribution is 6.31. The van der Waals surface area contributed by atoms with Crippen molar-refractivity contribution in [2.24, 2.45) is 16.3 Å². The fraction of sp³-hybridized carbons (Fsp3) is 0.440. The summed E-state index contributed by atoms with van der Waals surface area (Å²) in [6.07, 6.45) is 2.52. The van der Waals surface area contributed by atoms with Crippen LogP contribution in [-0.4, -0.2) is 58.1 Å². The van der Waals surface area contributed by atoms with Crippen molar-refractivity contribution < 1.29 is 13.2 Å². The minimum Gasteiger partial charge on any atom is -0.355 e. The van der Waals surface area contributed by atoms with Gasteiger partial charge in [-0.1, -0.05) is 11.6 Å². The smallest absolute Gasteiger partial charge is 0.248 e. The van der Waals surface area contributed by atoms with Gasteiger partial charge in [-0.05, 0) is 37.3 Å². The second-order valence-corrected chi connectivity index (χ2v) is 11.2. The van der Waals surface area contributed by atoms with Crippen molar-refractivity contribution in [1.29, 1.82) is 0 Å². The third-order valence-corrected chi connectivity index (χ3v) is 8.34. The molecular formula is C25H23ClF3N7. The summed E-state index contributed by atoms with van der Waals surface area (Å²) in [7, 11) is 0. The minimum atomic E-state index is -2.67. The van der Waals surface area contributed by atoms with Crippen LogP contribution in [0.25, 0.3) is 5.69 Å². The van der Waals surface area contributed by atoms with Crippen molar-refractivity contribution in [3.8, 4) is 5.69 Å². The van der Waals surface area contributed by atoms with Crippen LogP contribution in [0.3, 0.4) is 0 Å². The number of benzene rings is 1. The van der Waals surface area contributed by atoms with E-state index in [4.69, 9.17) is 16.6 Å². The maximum Gasteiger partial charge on any atom is 0.248 e. The highest BCUT2D eigenvalue weighted by Crippen LogP contribution is 2.54. The molecule has 1 spiro atoms. The van der Waals surface area contributed by atoms with Crippen molar-refractivity contribution in [2.75, 3.05) is 36.0 Å². The van der Waals surface area contributed by atoms with Gasteiger partial charge in [-0.3, -0.25) is 9.56 Å². The Kier molecular flexibility index (Phi) is 4.43. The number of fused-ring (bicyclic) bond motifs is 3. The summed E-state index contributed by atoms with van der Waals surface area (Å²) in [5.74, 6) is -1.33. The number of nitrogens with zero attached hydrogens (tertiary/aromatic N) is 7. The molecule has 1 aromatic carbocycles. The largest absolute Gasteiger partial charge is 0.355 e. The van der Waals surface area contributed by atoms with Crippen LogP contribution in [0.2, 0.25) is 5.02 Å². The van der Waals surface area contributed by atoms with Gasteiger partial charge in [-0.15, -0.1) is 10.2 Å². The van der Waals surface area contributed by atoms with E-state index in [0.29, 0.717) is 16.8 Å². The van der Waals surface area contributed by atoms with E-state index >= 15 is 0 Å². The van der Waals surface area contributed by atoms with Crippen LogP contribution in [0, 0.1) is 17.2 Å². The Morgan fingerprint density at radius 1 is 1.00 bits per heavy atom. The number of aliphatic imine (C=N–C) groups is 1. The van der Waals surface area contributed by atoms with E-state index in [1.54, 1.807) is 18.3 Å². The van der Waals surface area contributed by atoms with Gasteiger partial charge in [0.15, 0.2) is 5.82 Å². The summed E-state index contributed by atoms with van der Waals surface area (Å²) in [5.41, 5.74) is 0.806. The molecule has 1 unspecified atom stereocenters. The maximum atomic E-state index is 13.9. The summed E-state index contributed by atoms with van der Waals surface area (Å²) in [6, 6.07) is 8.66. The second kappa shape index (κ2) is 7.21. The van der Waals surface area contributed by atoms with Gasteiger partial charge < -0.3 is 9.80 Å². The zero-order chi connectivity index (χ0) is 24.9. The van der Waals surface area contributed by atoms with Crippen LogP contribution in [0.1, 0.15) is 31.2 Å². The zero-order valence-corrected chi connectivity index (χ0v) is 20.3. The Bertz CT molecular complexity index is 1380. The molecule has 0 bridgehead atoms. The molecule has 7 rings (SSSR count). The monoisotopic (exact) mass is 513 g/mol. The lowest BCUT2D eigenvalue weighted by molar-refractivity contribution is -0.130. The van der Waals surface area contributed by atoms with Gasteiger partial charge in [0, 0.05) is 67.2 Å². The van der Waals surface area contributed by atoms with Gasteiger partial charge in [-0.2, -0.15) is 0 Å². The van der Waals surface area contributed by atoms with Crippen molar-refractivity contribution in [3.63, 3.8) is 0 Å². The van der Waals surface area contributed by atoms with Crippen molar-refractivity contribution in [3.05, 3.63) is 58.8 Å². The van der Waals surface area contributed by atoms with E-state index in [1.807, 2.05) is 23.6 Å². The zero-order valence-electron chi connectivity index (χ0n) is 19.5. The normalized spacial score (nSPS) is 25.5. The van der Waals surface area contributed by atoms with Gasteiger partial charge >= 0.3 is 0 Å². The van der Waals surface area contributed by atoms with Crippen LogP contribution < -0.4 is 9.80 Å². The Balaban J connectivity index is 1.19. The van der Waals surface area contributed by atoms with E-state index in [-0.39, 0.29) is 30.0 Å². The highest BCUT2D eigenvalue weighted by atomic mass is 35.5. The Labute approximate surface area is 210 Å². The van der Waals surface area contributed by atoms with E-state index in [9.17, 15) is 13.2 Å². The molecule has 36 heavy (non-hydrogen) atoms. The third kappa shape index (κ3) is 3.19. The molecule has 3 aromatic rings. The molecule has 11 heteroatoms. The number of hydrogen-bond donors (Lipinski definition) is 0. The first-order valence-electron chi connectivity index (χ1n) is 12.0. The molecule has 1 atom stereocenters. The highest BCUT2D eigenvalue weighted by Gasteiger charge is 2.57. The summed E-state index contributed by atoms with van der Waals surface area (Å²) in [4.78, 5) is 13.3. The average molecular weight is 514 g/mol. The number of anilines is 2. The number of alkyl halides is 2. The van der Waals surface area contributed by atoms with Gasteiger partial charge in [0.1, 0.15) is 17.2 Å². The lowest BCUT2D eigenvalue weighted by Crippen LogP contribution is -2.73. The van der Waals surface area contributed by atoms with Crippen molar-refractivity contribution >= 4 is 29.6 Å². The predicted octanol–water partition coefficient (Wildman–Crippen LogP) is 4.47. The van der Waals surface area contributed by atoms with Crippen molar-refractivity contribution in [2.45, 2.75) is 31.2 Å². The first kappa shape index (κ1) is 22.1. The van der Waals surface area contributed by atoms with Crippen LogP contribution >= 0.6 is 11.6 Å². The summed E-state index contributed by atoms with van der Waals surface area (Å²) in [5, 5.41) is 9.65. The molecule has 186 valence electrons. The number of halogens is 4. The van der Waals surface area contributed by atoms with E-state index in [1.165, 1.54) is 12.3 Å². The van der Waals surface area contributed by atoms with Gasteiger partial charge in [-0.25, -0.2) is 18.2 Å². The Hall–Kier alpha value is -3.14. The first-order valence-corrected chi connectivity index (χ1v) is 12.3.